The van der Waals surface area contributed by atoms with Crippen LogP contribution in [0.25, 0.3) is 0 Å². The summed E-state index contributed by atoms with van der Waals surface area (Å²) in [6.07, 6.45) is 1.57. The largest absolute Gasteiger partial charge is 0.487 e. The van der Waals surface area contributed by atoms with Crippen LogP contribution in [0.2, 0.25) is 5.02 Å². The molecule has 2 N–H and O–H groups in total. The fraction of sp³-hybridized carbons (Fsp3) is 0.150. The molecule has 4 rings (SSSR count). The zero-order chi connectivity index (χ0) is 19.7. The lowest BCUT2D eigenvalue weighted by atomic mass is 10.1. The van der Waals surface area contributed by atoms with Crippen LogP contribution in [0.1, 0.15) is 11.1 Å². The minimum Gasteiger partial charge on any atom is -0.487 e. The van der Waals surface area contributed by atoms with E-state index >= 15 is 0 Å². The summed E-state index contributed by atoms with van der Waals surface area (Å²) in [5.74, 6) is -1.24. The van der Waals surface area contributed by atoms with E-state index in [9.17, 15) is 13.6 Å². The number of benzene rings is 2. The number of halogens is 3. The molecule has 1 aromatic heterocycles. The first-order chi connectivity index (χ1) is 13.5. The monoisotopic (exact) mass is 403 g/mol. The Morgan fingerprint density at radius 3 is 2.71 bits per heavy atom. The van der Waals surface area contributed by atoms with Gasteiger partial charge in [-0.25, -0.2) is 8.78 Å². The second kappa shape index (κ2) is 7.52. The predicted molar refractivity (Wildman–Crippen MR) is 104 cm³/mol. The molecule has 0 bridgehead atoms. The van der Waals surface area contributed by atoms with E-state index in [1.165, 1.54) is 10.6 Å². The van der Waals surface area contributed by atoms with Crippen molar-refractivity contribution in [3.05, 3.63) is 86.8 Å². The van der Waals surface area contributed by atoms with E-state index in [1.807, 2.05) is 18.2 Å². The number of nitrogens with zero attached hydrogens (tertiary/aromatic N) is 1. The minimum atomic E-state index is -0.718. The van der Waals surface area contributed by atoms with Crippen molar-refractivity contribution in [3.63, 3.8) is 0 Å². The number of hydrogen-bond acceptors (Lipinski definition) is 4. The first-order valence-electron chi connectivity index (χ1n) is 8.57. The number of pyridine rings is 1. The molecule has 8 heteroatoms. The van der Waals surface area contributed by atoms with Gasteiger partial charge in [0.25, 0.3) is 5.56 Å². The maximum atomic E-state index is 13.7. The Morgan fingerprint density at radius 1 is 1.07 bits per heavy atom. The molecule has 0 unspecified atom stereocenters. The molecule has 0 amide bonds. The van der Waals surface area contributed by atoms with Crippen LogP contribution < -0.4 is 20.9 Å². The second-order valence-corrected chi connectivity index (χ2v) is 6.74. The highest BCUT2D eigenvalue weighted by Gasteiger charge is 2.13. The van der Waals surface area contributed by atoms with Gasteiger partial charge in [-0.15, -0.1) is 0 Å². The Kier molecular flexibility index (Phi) is 4.92. The number of ether oxygens (including phenoxy) is 1. The summed E-state index contributed by atoms with van der Waals surface area (Å²) in [4.78, 5) is 12.5. The zero-order valence-corrected chi connectivity index (χ0v) is 15.4. The van der Waals surface area contributed by atoms with Gasteiger partial charge in [0.05, 0.1) is 24.6 Å². The van der Waals surface area contributed by atoms with Crippen molar-refractivity contribution in [2.24, 2.45) is 0 Å². The van der Waals surface area contributed by atoms with Crippen LogP contribution in [0.5, 0.6) is 5.75 Å². The molecule has 1 aliphatic rings. The van der Waals surface area contributed by atoms with Gasteiger partial charge >= 0.3 is 0 Å². The van der Waals surface area contributed by atoms with Gasteiger partial charge in [0.15, 0.2) is 0 Å². The molecule has 5 nitrogen and oxygen atoms in total. The van der Waals surface area contributed by atoms with Gasteiger partial charge in [0.2, 0.25) is 0 Å². The van der Waals surface area contributed by atoms with Crippen LogP contribution in [0.4, 0.5) is 20.2 Å². The van der Waals surface area contributed by atoms with Gasteiger partial charge < -0.3 is 19.9 Å². The number of hydrogen-bond donors (Lipinski definition) is 2. The summed E-state index contributed by atoms with van der Waals surface area (Å²) in [5.41, 5.74) is 2.70. The highest BCUT2D eigenvalue weighted by molar-refractivity contribution is 6.31. The van der Waals surface area contributed by atoms with E-state index in [1.54, 1.807) is 12.3 Å². The van der Waals surface area contributed by atoms with Crippen molar-refractivity contribution in [2.45, 2.75) is 13.2 Å². The Hall–Kier alpha value is -3.06. The fourth-order valence-corrected chi connectivity index (χ4v) is 3.21. The van der Waals surface area contributed by atoms with Gasteiger partial charge in [-0.05, 0) is 35.9 Å². The third kappa shape index (κ3) is 3.66. The SMILES string of the molecule is O=c1c(Cl)c(OCc2ccc(F)cc2F)ccn1Cc1ccc2c(c1)NCN2. The summed E-state index contributed by atoms with van der Waals surface area (Å²) >= 11 is 6.16. The molecule has 0 spiro atoms. The van der Waals surface area contributed by atoms with Crippen LogP contribution in [-0.2, 0) is 13.2 Å². The lowest BCUT2D eigenvalue weighted by Crippen LogP contribution is -2.21. The molecule has 1 aliphatic heterocycles. The van der Waals surface area contributed by atoms with E-state index in [-0.39, 0.29) is 22.9 Å². The van der Waals surface area contributed by atoms with Crippen LogP contribution in [-0.4, -0.2) is 11.2 Å². The number of nitrogens with one attached hydrogen (secondary N) is 2. The van der Waals surface area contributed by atoms with Crippen molar-refractivity contribution >= 4 is 23.0 Å². The van der Waals surface area contributed by atoms with Gasteiger partial charge in [0.1, 0.15) is 29.0 Å². The molecule has 0 fully saturated rings. The van der Waals surface area contributed by atoms with Crippen molar-refractivity contribution < 1.29 is 13.5 Å². The molecule has 0 saturated heterocycles. The summed E-state index contributed by atoms with van der Waals surface area (Å²) in [7, 11) is 0. The highest BCUT2D eigenvalue weighted by Crippen LogP contribution is 2.27. The van der Waals surface area contributed by atoms with Crippen molar-refractivity contribution in [2.75, 3.05) is 17.3 Å². The zero-order valence-electron chi connectivity index (χ0n) is 14.6. The maximum Gasteiger partial charge on any atom is 0.273 e. The lowest BCUT2D eigenvalue weighted by Gasteiger charge is -2.12. The molecule has 28 heavy (non-hydrogen) atoms. The van der Waals surface area contributed by atoms with Crippen molar-refractivity contribution in [1.82, 2.24) is 4.57 Å². The van der Waals surface area contributed by atoms with E-state index in [0.717, 1.165) is 29.1 Å². The lowest BCUT2D eigenvalue weighted by molar-refractivity contribution is 0.298. The van der Waals surface area contributed by atoms with Gasteiger partial charge in [-0.2, -0.15) is 0 Å². The fourth-order valence-electron chi connectivity index (χ4n) is 2.98. The molecule has 0 saturated carbocycles. The average Bonchev–Trinajstić information content (AvgIpc) is 3.14. The number of rotatable bonds is 5. The van der Waals surface area contributed by atoms with Gasteiger partial charge in [-0.3, -0.25) is 4.79 Å². The maximum absolute atomic E-state index is 13.7. The van der Waals surface area contributed by atoms with E-state index in [0.29, 0.717) is 13.2 Å². The van der Waals surface area contributed by atoms with Crippen LogP contribution in [0.3, 0.4) is 0 Å². The Bertz CT molecular complexity index is 1100. The molecular weight excluding hydrogens is 388 g/mol. The predicted octanol–water partition coefficient (Wildman–Crippen LogP) is 4.20. The average molecular weight is 404 g/mol. The first kappa shape index (κ1) is 18.3. The van der Waals surface area contributed by atoms with Crippen LogP contribution in [0, 0.1) is 11.6 Å². The molecule has 0 atom stereocenters. The summed E-state index contributed by atoms with van der Waals surface area (Å²) in [5, 5.41) is 6.30. The standard InChI is InChI=1S/C20H16ClF2N3O2/c21-19-18(28-10-13-2-3-14(22)8-15(13)23)5-6-26(20(19)27)9-12-1-4-16-17(7-12)25-11-24-16/h1-8,24-25H,9-11H2. The minimum absolute atomic E-state index is 0.0917. The topological polar surface area (TPSA) is 55.3 Å². The third-order valence-corrected chi connectivity index (χ3v) is 4.81. The van der Waals surface area contributed by atoms with E-state index in [2.05, 4.69) is 10.6 Å². The van der Waals surface area contributed by atoms with Gasteiger partial charge in [0, 0.05) is 17.8 Å². The Morgan fingerprint density at radius 2 is 1.89 bits per heavy atom. The summed E-state index contributed by atoms with van der Waals surface area (Å²) < 4.78 is 33.6. The van der Waals surface area contributed by atoms with Crippen molar-refractivity contribution in [3.8, 4) is 5.75 Å². The normalized spacial score (nSPS) is 12.2. The third-order valence-electron chi connectivity index (χ3n) is 4.46. The van der Waals surface area contributed by atoms with Crippen LogP contribution >= 0.6 is 11.6 Å². The number of fused-ring (bicyclic) bond motifs is 1. The smallest absolute Gasteiger partial charge is 0.273 e. The molecule has 3 aromatic rings. The molecule has 144 valence electrons. The Balaban J connectivity index is 1.51. The highest BCUT2D eigenvalue weighted by atomic mass is 35.5. The molecular formula is C20H16ClF2N3O2. The number of aromatic nitrogens is 1. The van der Waals surface area contributed by atoms with E-state index in [4.69, 9.17) is 16.3 Å². The van der Waals surface area contributed by atoms with E-state index < -0.39 is 17.2 Å². The van der Waals surface area contributed by atoms with Crippen LogP contribution in [0.15, 0.2) is 53.5 Å². The quantitative estimate of drug-likeness (QED) is 0.670. The molecule has 0 aliphatic carbocycles. The molecule has 2 aromatic carbocycles. The first-order valence-corrected chi connectivity index (χ1v) is 8.95. The summed E-state index contributed by atoms with van der Waals surface area (Å²) in [6, 6.07) is 10.6. The van der Waals surface area contributed by atoms with Crippen molar-refractivity contribution in [1.29, 1.82) is 0 Å². The molecule has 0 radical (unpaired) electrons. The van der Waals surface area contributed by atoms with Gasteiger partial charge in [-0.1, -0.05) is 17.7 Å². The second-order valence-electron chi connectivity index (χ2n) is 6.36. The summed E-state index contributed by atoms with van der Waals surface area (Å²) in [6.45, 7) is 0.852. The Labute approximate surface area is 164 Å². The molecule has 2 heterocycles. The number of anilines is 2.